The minimum Gasteiger partial charge on any atom is -0.494 e. The Morgan fingerprint density at radius 3 is 2.67 bits per heavy atom. The number of hydrogen-bond donors (Lipinski definition) is 0. The predicted molar refractivity (Wildman–Crippen MR) is 76.5 cm³/mol. The van der Waals surface area contributed by atoms with Crippen LogP contribution in [0.3, 0.4) is 0 Å². The van der Waals surface area contributed by atoms with Crippen LogP contribution in [0.25, 0.3) is 0 Å². The summed E-state index contributed by atoms with van der Waals surface area (Å²) in [7, 11) is 0. The fourth-order valence-corrected chi connectivity index (χ4v) is 2.74. The van der Waals surface area contributed by atoms with Crippen LogP contribution in [0.4, 0.5) is 0 Å². The van der Waals surface area contributed by atoms with Crippen molar-refractivity contribution in [3.8, 4) is 0 Å². The van der Waals surface area contributed by atoms with E-state index in [9.17, 15) is 0 Å². The summed E-state index contributed by atoms with van der Waals surface area (Å²) in [6, 6.07) is 10.7. The molecule has 0 heterocycles. The highest BCUT2D eigenvalue weighted by Crippen LogP contribution is 2.36. The zero-order valence-electron chi connectivity index (χ0n) is 11.0. The van der Waals surface area contributed by atoms with Gasteiger partial charge in [0.25, 0.3) is 0 Å². The van der Waals surface area contributed by atoms with E-state index in [1.54, 1.807) is 0 Å². The van der Waals surface area contributed by atoms with Gasteiger partial charge in [-0.15, -0.1) is 6.58 Å². The lowest BCUT2D eigenvalue weighted by atomic mass is 9.81. The van der Waals surface area contributed by atoms with Gasteiger partial charge in [-0.3, -0.25) is 0 Å². The molecule has 0 N–H and O–H groups in total. The van der Waals surface area contributed by atoms with E-state index < -0.39 is 0 Å². The van der Waals surface area contributed by atoms with Crippen LogP contribution in [0.2, 0.25) is 0 Å². The predicted octanol–water partition coefficient (Wildman–Crippen LogP) is 4.82. The van der Waals surface area contributed by atoms with Crippen LogP contribution >= 0.6 is 0 Å². The average Bonchev–Trinajstić information content (AvgIpc) is 2.40. The lowest BCUT2D eigenvalue weighted by Crippen LogP contribution is -2.25. The molecule has 1 fully saturated rings. The van der Waals surface area contributed by atoms with Crippen LogP contribution in [0.1, 0.15) is 43.6 Å². The fourth-order valence-electron chi connectivity index (χ4n) is 2.74. The van der Waals surface area contributed by atoms with Gasteiger partial charge < -0.3 is 4.74 Å². The maximum absolute atomic E-state index is 6.03. The van der Waals surface area contributed by atoms with E-state index in [-0.39, 0.29) is 6.10 Å². The molecule has 0 bridgehead atoms. The van der Waals surface area contributed by atoms with Gasteiger partial charge in [0.15, 0.2) is 0 Å². The summed E-state index contributed by atoms with van der Waals surface area (Å²) in [5.74, 6) is 1.36. The van der Waals surface area contributed by atoms with Crippen molar-refractivity contribution in [3.05, 3.63) is 60.9 Å². The minimum atomic E-state index is 0.286. The van der Waals surface area contributed by atoms with Crippen molar-refractivity contribution in [1.29, 1.82) is 0 Å². The molecule has 0 spiro atoms. The number of rotatable bonds is 5. The minimum absolute atomic E-state index is 0.286. The normalized spacial score (nSPS) is 23.3. The molecule has 1 aliphatic rings. The van der Waals surface area contributed by atoms with Gasteiger partial charge in [0.05, 0.1) is 5.76 Å². The van der Waals surface area contributed by atoms with E-state index in [1.807, 2.05) is 6.08 Å². The molecule has 1 nitrogen and oxygen atoms in total. The summed E-state index contributed by atoms with van der Waals surface area (Å²) >= 11 is 0. The van der Waals surface area contributed by atoms with Crippen LogP contribution in [-0.4, -0.2) is 6.10 Å². The molecule has 0 radical (unpaired) electrons. The first kappa shape index (κ1) is 12.9. The Balaban J connectivity index is 2.06. The topological polar surface area (TPSA) is 9.23 Å². The Labute approximate surface area is 110 Å². The summed E-state index contributed by atoms with van der Waals surface area (Å²) < 4.78 is 6.03. The van der Waals surface area contributed by atoms with Gasteiger partial charge in [-0.05, 0) is 24.8 Å². The molecule has 2 atom stereocenters. The zero-order valence-corrected chi connectivity index (χ0v) is 11.0. The van der Waals surface area contributed by atoms with Crippen molar-refractivity contribution in [3.63, 3.8) is 0 Å². The molecule has 2 rings (SSSR count). The van der Waals surface area contributed by atoms with E-state index in [4.69, 9.17) is 4.74 Å². The third kappa shape index (κ3) is 3.25. The monoisotopic (exact) mass is 242 g/mol. The van der Waals surface area contributed by atoms with Gasteiger partial charge in [-0.25, -0.2) is 0 Å². The van der Waals surface area contributed by atoms with E-state index in [2.05, 4.69) is 43.5 Å². The van der Waals surface area contributed by atoms with E-state index >= 15 is 0 Å². The van der Waals surface area contributed by atoms with Crippen LogP contribution < -0.4 is 0 Å². The summed E-state index contributed by atoms with van der Waals surface area (Å²) in [6.07, 6.45) is 7.79. The van der Waals surface area contributed by atoms with Crippen LogP contribution in [-0.2, 0) is 4.74 Å². The lowest BCUT2D eigenvalue weighted by Gasteiger charge is -2.32. The average molecular weight is 242 g/mol. The molecule has 1 heteroatoms. The van der Waals surface area contributed by atoms with E-state index in [0.717, 1.165) is 18.6 Å². The molecule has 1 aliphatic carbocycles. The molecular formula is C17H22O. The van der Waals surface area contributed by atoms with Crippen molar-refractivity contribution in [1.82, 2.24) is 0 Å². The smallest absolute Gasteiger partial charge is 0.105 e. The van der Waals surface area contributed by atoms with Gasteiger partial charge in [-0.2, -0.15) is 0 Å². The Bertz CT molecular complexity index is 393. The first-order chi connectivity index (χ1) is 8.81. The van der Waals surface area contributed by atoms with Crippen molar-refractivity contribution in [2.24, 2.45) is 0 Å². The SMILES string of the molecule is C=CCC(=C)O[C@H]1CCCC[C@@H]1c1ccccc1. The largest absolute Gasteiger partial charge is 0.494 e. The zero-order chi connectivity index (χ0) is 12.8. The highest BCUT2D eigenvalue weighted by atomic mass is 16.5. The summed E-state index contributed by atoms with van der Waals surface area (Å²) in [6.45, 7) is 7.70. The number of allylic oxidation sites excluding steroid dienone is 1. The summed E-state index contributed by atoms with van der Waals surface area (Å²) in [4.78, 5) is 0. The molecule has 96 valence electrons. The van der Waals surface area contributed by atoms with Crippen molar-refractivity contribution in [2.75, 3.05) is 0 Å². The highest BCUT2D eigenvalue weighted by molar-refractivity contribution is 5.21. The summed E-state index contributed by atoms with van der Waals surface area (Å²) in [5, 5.41) is 0. The second-order valence-electron chi connectivity index (χ2n) is 4.99. The maximum atomic E-state index is 6.03. The van der Waals surface area contributed by atoms with Crippen molar-refractivity contribution < 1.29 is 4.74 Å². The van der Waals surface area contributed by atoms with Gasteiger partial charge >= 0.3 is 0 Å². The lowest BCUT2D eigenvalue weighted by molar-refractivity contribution is 0.0618. The molecule has 0 saturated heterocycles. The quantitative estimate of drug-likeness (QED) is 0.531. The van der Waals surface area contributed by atoms with Crippen molar-refractivity contribution >= 4 is 0 Å². The Morgan fingerprint density at radius 2 is 1.94 bits per heavy atom. The Morgan fingerprint density at radius 1 is 1.22 bits per heavy atom. The first-order valence-electron chi connectivity index (χ1n) is 6.81. The first-order valence-corrected chi connectivity index (χ1v) is 6.81. The third-order valence-electron chi connectivity index (χ3n) is 3.62. The molecular weight excluding hydrogens is 220 g/mol. The second kappa shape index (κ2) is 6.44. The number of hydrogen-bond acceptors (Lipinski definition) is 1. The molecule has 1 aromatic carbocycles. The molecule has 0 unspecified atom stereocenters. The molecule has 1 saturated carbocycles. The Kier molecular flexibility index (Phi) is 4.63. The second-order valence-corrected chi connectivity index (χ2v) is 4.99. The molecule has 1 aromatic rings. The number of benzene rings is 1. The fraction of sp³-hybridized carbons (Fsp3) is 0.412. The van der Waals surface area contributed by atoms with Crippen LogP contribution in [0.5, 0.6) is 0 Å². The van der Waals surface area contributed by atoms with Crippen molar-refractivity contribution in [2.45, 2.75) is 44.1 Å². The highest BCUT2D eigenvalue weighted by Gasteiger charge is 2.27. The third-order valence-corrected chi connectivity index (χ3v) is 3.62. The van der Waals surface area contributed by atoms with E-state index in [1.165, 1.54) is 24.8 Å². The molecule has 18 heavy (non-hydrogen) atoms. The standard InChI is InChI=1S/C17H22O/c1-3-9-14(2)18-17-13-8-7-12-16(17)15-10-5-4-6-11-15/h3-6,10-11,16-17H,1-2,7-9,12-13H2/t16-,17+/m1/s1. The molecule has 0 amide bonds. The molecule has 0 aliphatic heterocycles. The molecule has 0 aromatic heterocycles. The van der Waals surface area contributed by atoms with Gasteiger partial charge in [0, 0.05) is 12.3 Å². The van der Waals surface area contributed by atoms with Gasteiger partial charge in [0.2, 0.25) is 0 Å². The Hall–Kier alpha value is -1.50. The van der Waals surface area contributed by atoms with Gasteiger partial charge in [-0.1, -0.05) is 49.4 Å². The number of ether oxygens (including phenoxy) is 1. The summed E-state index contributed by atoms with van der Waals surface area (Å²) in [5.41, 5.74) is 1.40. The van der Waals surface area contributed by atoms with Crippen LogP contribution in [0, 0.1) is 0 Å². The van der Waals surface area contributed by atoms with Crippen LogP contribution in [0.15, 0.2) is 55.3 Å². The van der Waals surface area contributed by atoms with Gasteiger partial charge in [0.1, 0.15) is 6.10 Å². The van der Waals surface area contributed by atoms with E-state index in [0.29, 0.717) is 5.92 Å². The maximum Gasteiger partial charge on any atom is 0.105 e.